The lowest BCUT2D eigenvalue weighted by Gasteiger charge is -2.32. The third kappa shape index (κ3) is 4.22. The maximum Gasteiger partial charge on any atom is 0.124 e. The van der Waals surface area contributed by atoms with Crippen molar-refractivity contribution in [3.63, 3.8) is 0 Å². The van der Waals surface area contributed by atoms with Crippen molar-refractivity contribution in [2.24, 2.45) is 0 Å². The zero-order chi connectivity index (χ0) is 18.2. The molecule has 0 atom stereocenters. The average Bonchev–Trinajstić information content (AvgIpc) is 2.51. The van der Waals surface area contributed by atoms with E-state index >= 15 is 0 Å². The van der Waals surface area contributed by atoms with E-state index in [1.54, 1.807) is 12.1 Å². The summed E-state index contributed by atoms with van der Waals surface area (Å²) in [4.78, 5) is -0.110. The van der Waals surface area contributed by atoms with Crippen molar-refractivity contribution >= 4 is 10.1 Å². The average molecular weight is 359 g/mol. The zero-order valence-electron chi connectivity index (χ0n) is 14.8. The summed E-state index contributed by atoms with van der Waals surface area (Å²) < 4.78 is 40.4. The minimum Gasteiger partial charge on any atom is -0.744 e. The molecule has 0 bridgehead atoms. The van der Waals surface area contributed by atoms with Gasteiger partial charge in [0, 0.05) is 0 Å². The predicted molar refractivity (Wildman–Crippen MR) is 96.0 cm³/mol. The van der Waals surface area contributed by atoms with Gasteiger partial charge in [0.1, 0.15) is 21.5 Å². The molecule has 134 valence electrons. The molecule has 0 saturated heterocycles. The summed E-state index contributed by atoms with van der Waals surface area (Å²) in [7, 11) is -4.45. The molecule has 0 N–H and O–H groups in total. The van der Waals surface area contributed by atoms with E-state index in [4.69, 9.17) is 4.74 Å². The first-order chi connectivity index (χ1) is 11.6. The smallest absolute Gasteiger partial charge is 0.124 e. The monoisotopic (exact) mass is 359 g/mol. The molecule has 0 fully saturated rings. The number of fused-ring (bicyclic) bond motifs is 1. The van der Waals surface area contributed by atoms with Crippen molar-refractivity contribution in [2.75, 3.05) is 0 Å². The van der Waals surface area contributed by atoms with Gasteiger partial charge in [0.25, 0.3) is 0 Å². The molecular weight excluding hydrogens is 336 g/mol. The van der Waals surface area contributed by atoms with Crippen molar-refractivity contribution in [2.45, 2.75) is 57.0 Å². The molecule has 0 spiro atoms. The highest BCUT2D eigenvalue weighted by Crippen LogP contribution is 2.33. The molecule has 1 heterocycles. The summed E-state index contributed by atoms with van der Waals surface area (Å²) in [6.07, 6.45) is 3.15. The fourth-order valence-corrected chi connectivity index (χ4v) is 4.01. The molecule has 0 aromatic heterocycles. The Morgan fingerprint density at radius 2 is 1.88 bits per heavy atom. The molecule has 0 saturated carbocycles. The lowest BCUT2D eigenvalue weighted by molar-refractivity contribution is 0.0846. The lowest BCUT2D eigenvalue weighted by atomic mass is 9.92. The largest absolute Gasteiger partial charge is 0.744 e. The van der Waals surface area contributed by atoms with Crippen molar-refractivity contribution in [3.8, 4) is 5.75 Å². The van der Waals surface area contributed by atoms with Gasteiger partial charge in [0.15, 0.2) is 0 Å². The highest BCUT2D eigenvalue weighted by Gasteiger charge is 2.26. The Bertz CT molecular complexity index is 898. The SMILES string of the molecule is Cc1ccc(S(=O)(=O)[O-])c(CCc2ccc3c(c2)CCC(C)(C)O3)c1. The van der Waals surface area contributed by atoms with Crippen LogP contribution >= 0.6 is 0 Å². The minimum absolute atomic E-state index is 0.110. The molecule has 0 unspecified atom stereocenters. The molecular formula is C20H23O4S-. The van der Waals surface area contributed by atoms with Crippen LogP contribution in [0.4, 0.5) is 0 Å². The van der Waals surface area contributed by atoms with Crippen LogP contribution in [0.3, 0.4) is 0 Å². The molecule has 0 amide bonds. The van der Waals surface area contributed by atoms with Gasteiger partial charge < -0.3 is 9.29 Å². The van der Waals surface area contributed by atoms with Crippen LogP contribution in [-0.2, 0) is 29.4 Å². The molecule has 0 aliphatic carbocycles. The molecule has 2 aromatic rings. The number of benzene rings is 2. The van der Waals surface area contributed by atoms with Crippen LogP contribution in [0.25, 0.3) is 0 Å². The van der Waals surface area contributed by atoms with E-state index in [1.807, 2.05) is 19.1 Å². The molecule has 3 rings (SSSR count). The van der Waals surface area contributed by atoms with Gasteiger partial charge in [-0.2, -0.15) is 0 Å². The standard InChI is InChI=1S/C20H24O4S/c1-14-4-9-19(25(21,22)23)17(12-14)7-5-15-6-8-18-16(13-15)10-11-20(2,3)24-18/h4,6,8-9,12-13H,5,7,10-11H2,1-3H3,(H,21,22,23)/p-1. The van der Waals surface area contributed by atoms with Crippen LogP contribution in [0.15, 0.2) is 41.3 Å². The Morgan fingerprint density at radius 3 is 2.60 bits per heavy atom. The van der Waals surface area contributed by atoms with Crippen LogP contribution in [0.2, 0.25) is 0 Å². The first-order valence-electron chi connectivity index (χ1n) is 8.50. The Kier molecular flexibility index (Phi) is 4.64. The summed E-state index contributed by atoms with van der Waals surface area (Å²) in [5.74, 6) is 0.929. The molecule has 1 aliphatic heterocycles. The summed E-state index contributed by atoms with van der Waals surface area (Å²) in [5, 5.41) is 0. The van der Waals surface area contributed by atoms with E-state index in [2.05, 4.69) is 19.9 Å². The highest BCUT2D eigenvalue weighted by molar-refractivity contribution is 7.85. The van der Waals surface area contributed by atoms with Crippen LogP contribution in [0, 0.1) is 6.92 Å². The number of aryl methyl sites for hydroxylation is 4. The van der Waals surface area contributed by atoms with Crippen LogP contribution in [-0.4, -0.2) is 18.6 Å². The van der Waals surface area contributed by atoms with E-state index in [-0.39, 0.29) is 10.5 Å². The summed E-state index contributed by atoms with van der Waals surface area (Å²) in [5.41, 5.74) is 3.72. The van der Waals surface area contributed by atoms with Crippen LogP contribution < -0.4 is 4.74 Å². The summed E-state index contributed by atoms with van der Waals surface area (Å²) in [6, 6.07) is 11.0. The van der Waals surface area contributed by atoms with Crippen molar-refractivity contribution in [1.29, 1.82) is 0 Å². The first-order valence-corrected chi connectivity index (χ1v) is 9.91. The molecule has 1 aliphatic rings. The van der Waals surface area contributed by atoms with Gasteiger partial charge in [-0.25, -0.2) is 8.42 Å². The second kappa shape index (κ2) is 6.46. The third-order valence-electron chi connectivity index (χ3n) is 4.68. The zero-order valence-corrected chi connectivity index (χ0v) is 15.7. The summed E-state index contributed by atoms with van der Waals surface area (Å²) >= 11 is 0. The van der Waals surface area contributed by atoms with E-state index in [1.165, 1.54) is 11.6 Å². The first kappa shape index (κ1) is 18.0. The fourth-order valence-electron chi connectivity index (χ4n) is 3.29. The Morgan fingerprint density at radius 1 is 1.12 bits per heavy atom. The third-order valence-corrected chi connectivity index (χ3v) is 5.61. The van der Waals surface area contributed by atoms with Crippen molar-refractivity contribution in [3.05, 3.63) is 58.7 Å². The van der Waals surface area contributed by atoms with E-state index in [9.17, 15) is 13.0 Å². The topological polar surface area (TPSA) is 66.4 Å². The van der Waals surface area contributed by atoms with Gasteiger partial charge in [-0.15, -0.1) is 0 Å². The molecule has 5 heteroatoms. The van der Waals surface area contributed by atoms with Gasteiger partial charge in [-0.1, -0.05) is 29.8 Å². The lowest BCUT2D eigenvalue weighted by Crippen LogP contribution is -2.32. The van der Waals surface area contributed by atoms with Crippen LogP contribution in [0.5, 0.6) is 5.75 Å². The second-order valence-corrected chi connectivity index (χ2v) is 8.72. The minimum atomic E-state index is -4.45. The van der Waals surface area contributed by atoms with Gasteiger partial charge in [0.05, 0.1) is 4.90 Å². The fraction of sp³-hybridized carbons (Fsp3) is 0.400. The quantitative estimate of drug-likeness (QED) is 0.779. The highest BCUT2D eigenvalue weighted by atomic mass is 32.2. The number of hydrogen-bond acceptors (Lipinski definition) is 4. The van der Waals surface area contributed by atoms with E-state index < -0.39 is 10.1 Å². The Balaban J connectivity index is 1.80. The van der Waals surface area contributed by atoms with Gasteiger partial charge in [-0.05, 0) is 75.3 Å². The van der Waals surface area contributed by atoms with Crippen LogP contribution in [0.1, 0.15) is 42.5 Å². The van der Waals surface area contributed by atoms with Crippen molar-refractivity contribution < 1.29 is 17.7 Å². The maximum absolute atomic E-state index is 11.5. The normalized spacial score (nSPS) is 16.2. The number of hydrogen-bond donors (Lipinski definition) is 0. The van der Waals surface area contributed by atoms with Gasteiger partial charge >= 0.3 is 0 Å². The second-order valence-electron chi connectivity index (χ2n) is 7.37. The van der Waals surface area contributed by atoms with E-state index in [0.717, 1.165) is 29.7 Å². The maximum atomic E-state index is 11.5. The predicted octanol–water partition coefficient (Wildman–Crippen LogP) is 3.79. The van der Waals surface area contributed by atoms with Gasteiger partial charge in [0.2, 0.25) is 0 Å². The molecule has 2 aromatic carbocycles. The Labute approximate surface area is 149 Å². The summed E-state index contributed by atoms with van der Waals surface area (Å²) in [6.45, 7) is 6.07. The van der Waals surface area contributed by atoms with E-state index in [0.29, 0.717) is 18.4 Å². The van der Waals surface area contributed by atoms with Gasteiger partial charge in [-0.3, -0.25) is 0 Å². The molecule has 0 radical (unpaired) electrons. The Hall–Kier alpha value is -1.85. The van der Waals surface area contributed by atoms with Crippen molar-refractivity contribution in [1.82, 2.24) is 0 Å². The number of ether oxygens (including phenoxy) is 1. The molecule has 4 nitrogen and oxygen atoms in total. The molecule has 25 heavy (non-hydrogen) atoms. The number of rotatable bonds is 4.